The maximum absolute atomic E-state index is 13.0. The van der Waals surface area contributed by atoms with Gasteiger partial charge in [0.25, 0.3) is 5.91 Å². The van der Waals surface area contributed by atoms with Crippen molar-refractivity contribution in [1.29, 1.82) is 0 Å². The second-order valence-electron chi connectivity index (χ2n) is 6.81. The molecule has 1 heterocycles. The minimum Gasteiger partial charge on any atom is -0.386 e. The number of aromatic nitrogens is 2. The quantitative estimate of drug-likeness (QED) is 0.808. The van der Waals surface area contributed by atoms with Gasteiger partial charge >= 0.3 is 0 Å². The largest absolute Gasteiger partial charge is 0.386 e. The Balaban J connectivity index is 2.02. The molecule has 5 nitrogen and oxygen atoms in total. The molecule has 0 aliphatic heterocycles. The van der Waals surface area contributed by atoms with E-state index in [1.54, 1.807) is 13.1 Å². The molecular formula is C19H26FN3O2. The summed E-state index contributed by atoms with van der Waals surface area (Å²) in [5, 5.41) is 17.4. The number of aryl methyl sites for hydroxylation is 1. The Labute approximate surface area is 147 Å². The van der Waals surface area contributed by atoms with Crippen LogP contribution in [0.2, 0.25) is 0 Å². The molecule has 136 valence electrons. The fourth-order valence-electron chi connectivity index (χ4n) is 2.59. The molecule has 1 amide bonds. The van der Waals surface area contributed by atoms with Gasteiger partial charge in [-0.25, -0.2) is 4.39 Å². The van der Waals surface area contributed by atoms with Crippen LogP contribution in [0.3, 0.4) is 0 Å². The van der Waals surface area contributed by atoms with Gasteiger partial charge in [0.15, 0.2) is 0 Å². The highest BCUT2D eigenvalue weighted by molar-refractivity contribution is 5.95. The van der Waals surface area contributed by atoms with Gasteiger partial charge < -0.3 is 10.4 Å². The highest BCUT2D eigenvalue weighted by Gasteiger charge is 2.21. The number of aliphatic hydroxyl groups is 1. The van der Waals surface area contributed by atoms with Gasteiger partial charge in [-0.3, -0.25) is 9.48 Å². The van der Waals surface area contributed by atoms with Crippen LogP contribution in [0, 0.1) is 18.7 Å². The number of benzene rings is 1. The van der Waals surface area contributed by atoms with Gasteiger partial charge in [-0.2, -0.15) is 5.10 Å². The molecule has 2 unspecified atom stereocenters. The predicted molar refractivity (Wildman–Crippen MR) is 94.7 cm³/mol. The highest BCUT2D eigenvalue weighted by atomic mass is 19.1. The van der Waals surface area contributed by atoms with E-state index in [9.17, 15) is 14.3 Å². The summed E-state index contributed by atoms with van der Waals surface area (Å²) in [7, 11) is 0. The molecule has 1 aromatic heterocycles. The summed E-state index contributed by atoms with van der Waals surface area (Å²) < 4.78 is 14.8. The van der Waals surface area contributed by atoms with Gasteiger partial charge in [0.2, 0.25) is 0 Å². The molecule has 0 radical (unpaired) electrons. The number of hydrogen-bond donors (Lipinski definition) is 2. The zero-order chi connectivity index (χ0) is 18.6. The number of nitrogens with zero attached hydrogens (tertiary/aromatic N) is 2. The molecule has 2 N–H and O–H groups in total. The molecule has 0 bridgehead atoms. The first-order valence-electron chi connectivity index (χ1n) is 8.56. The van der Waals surface area contributed by atoms with Gasteiger partial charge in [0.05, 0.1) is 23.9 Å². The van der Waals surface area contributed by atoms with Crippen molar-refractivity contribution in [3.8, 4) is 0 Å². The smallest absolute Gasteiger partial charge is 0.255 e. The molecule has 2 atom stereocenters. The average Bonchev–Trinajstić information content (AvgIpc) is 2.93. The van der Waals surface area contributed by atoms with E-state index >= 15 is 0 Å². The maximum atomic E-state index is 13.0. The van der Waals surface area contributed by atoms with Crippen molar-refractivity contribution in [2.75, 3.05) is 0 Å². The summed E-state index contributed by atoms with van der Waals surface area (Å²) in [6.07, 6.45) is 1.63. The van der Waals surface area contributed by atoms with E-state index < -0.39 is 12.1 Å². The van der Waals surface area contributed by atoms with Crippen molar-refractivity contribution in [2.24, 2.45) is 5.92 Å². The molecule has 0 saturated heterocycles. The standard InChI is InChI=1S/C19H26FN3O2/c1-12(2)9-10-23-14(4)17(11-21-23)19(25)22-13(3)18(24)15-5-7-16(20)8-6-15/h5-8,11-13,18,24H,9-10H2,1-4H3,(H,22,25). The monoisotopic (exact) mass is 347 g/mol. The van der Waals surface area contributed by atoms with Crippen molar-refractivity contribution in [3.63, 3.8) is 0 Å². The van der Waals surface area contributed by atoms with Crippen LogP contribution in [-0.2, 0) is 6.54 Å². The third-order valence-corrected chi connectivity index (χ3v) is 4.31. The van der Waals surface area contributed by atoms with E-state index in [0.29, 0.717) is 17.0 Å². The third-order valence-electron chi connectivity index (χ3n) is 4.31. The topological polar surface area (TPSA) is 67.2 Å². The van der Waals surface area contributed by atoms with Crippen LogP contribution in [0.5, 0.6) is 0 Å². The fourth-order valence-corrected chi connectivity index (χ4v) is 2.59. The number of nitrogens with one attached hydrogen (secondary N) is 1. The molecule has 2 aromatic rings. The Bertz CT molecular complexity index is 710. The lowest BCUT2D eigenvalue weighted by atomic mass is 10.0. The van der Waals surface area contributed by atoms with E-state index in [1.807, 2.05) is 11.6 Å². The predicted octanol–water partition coefficient (Wildman–Crippen LogP) is 3.23. The lowest BCUT2D eigenvalue weighted by Gasteiger charge is -2.20. The normalized spacial score (nSPS) is 13.7. The maximum Gasteiger partial charge on any atom is 0.255 e. The summed E-state index contributed by atoms with van der Waals surface area (Å²) in [5.74, 6) is -0.0780. The van der Waals surface area contributed by atoms with E-state index in [4.69, 9.17) is 0 Å². The summed E-state index contributed by atoms with van der Waals surface area (Å²) in [4.78, 5) is 12.5. The Morgan fingerprint density at radius 2 is 1.92 bits per heavy atom. The number of hydrogen-bond acceptors (Lipinski definition) is 3. The molecule has 0 spiro atoms. The van der Waals surface area contributed by atoms with E-state index in [-0.39, 0.29) is 11.7 Å². The van der Waals surface area contributed by atoms with Crippen molar-refractivity contribution < 1.29 is 14.3 Å². The first-order valence-corrected chi connectivity index (χ1v) is 8.56. The zero-order valence-corrected chi connectivity index (χ0v) is 15.2. The molecule has 2 rings (SSSR count). The van der Waals surface area contributed by atoms with Crippen LogP contribution in [-0.4, -0.2) is 26.8 Å². The molecule has 0 saturated carbocycles. The molecule has 0 aliphatic rings. The van der Waals surface area contributed by atoms with Gasteiger partial charge in [-0.1, -0.05) is 26.0 Å². The van der Waals surface area contributed by atoms with Crippen molar-refractivity contribution in [2.45, 2.75) is 52.8 Å². The Hall–Kier alpha value is -2.21. The Morgan fingerprint density at radius 1 is 1.28 bits per heavy atom. The molecule has 0 fully saturated rings. The minimum atomic E-state index is -0.916. The van der Waals surface area contributed by atoms with E-state index in [1.165, 1.54) is 24.3 Å². The van der Waals surface area contributed by atoms with Crippen LogP contribution >= 0.6 is 0 Å². The van der Waals surface area contributed by atoms with Crippen LogP contribution in [0.4, 0.5) is 4.39 Å². The van der Waals surface area contributed by atoms with Gasteiger partial charge in [0.1, 0.15) is 5.82 Å². The van der Waals surface area contributed by atoms with Crippen LogP contribution < -0.4 is 5.32 Å². The van der Waals surface area contributed by atoms with Gasteiger partial charge in [-0.15, -0.1) is 0 Å². The Kier molecular flexibility index (Phi) is 6.31. The average molecular weight is 347 g/mol. The number of amides is 1. The van der Waals surface area contributed by atoms with Crippen LogP contribution in [0.1, 0.15) is 54.9 Å². The third kappa shape index (κ3) is 4.89. The van der Waals surface area contributed by atoms with Crippen molar-refractivity contribution in [3.05, 3.63) is 53.1 Å². The number of carbonyl (C=O) groups is 1. The number of halogens is 1. The summed E-state index contributed by atoms with van der Waals surface area (Å²) in [5.41, 5.74) is 1.86. The Morgan fingerprint density at radius 3 is 2.52 bits per heavy atom. The molecular weight excluding hydrogens is 321 g/mol. The summed E-state index contributed by atoms with van der Waals surface area (Å²) in [6, 6.07) is 5.08. The highest BCUT2D eigenvalue weighted by Crippen LogP contribution is 2.18. The first kappa shape index (κ1) is 19.1. The second kappa shape index (κ2) is 8.25. The molecule has 25 heavy (non-hydrogen) atoms. The molecule has 6 heteroatoms. The lowest BCUT2D eigenvalue weighted by Crippen LogP contribution is -2.37. The zero-order valence-electron chi connectivity index (χ0n) is 15.2. The second-order valence-corrected chi connectivity index (χ2v) is 6.81. The minimum absolute atomic E-state index is 0.276. The lowest BCUT2D eigenvalue weighted by molar-refractivity contribution is 0.0851. The number of aliphatic hydroxyl groups excluding tert-OH is 1. The number of carbonyl (C=O) groups excluding carboxylic acids is 1. The van der Waals surface area contributed by atoms with E-state index in [2.05, 4.69) is 24.3 Å². The van der Waals surface area contributed by atoms with Gasteiger partial charge in [0, 0.05) is 12.2 Å². The van der Waals surface area contributed by atoms with Crippen LogP contribution in [0.15, 0.2) is 30.5 Å². The first-order chi connectivity index (χ1) is 11.8. The summed E-state index contributed by atoms with van der Waals surface area (Å²) in [6.45, 7) is 8.63. The molecule has 0 aliphatic carbocycles. The van der Waals surface area contributed by atoms with Gasteiger partial charge in [-0.05, 0) is 43.9 Å². The summed E-state index contributed by atoms with van der Waals surface area (Å²) >= 11 is 0. The SMILES string of the molecule is Cc1c(C(=O)NC(C)C(O)c2ccc(F)cc2)cnn1CCC(C)C. The van der Waals surface area contributed by atoms with Crippen molar-refractivity contribution in [1.82, 2.24) is 15.1 Å². The molecule has 1 aromatic carbocycles. The van der Waals surface area contributed by atoms with Crippen molar-refractivity contribution >= 4 is 5.91 Å². The van der Waals surface area contributed by atoms with Crippen LogP contribution in [0.25, 0.3) is 0 Å². The van der Waals surface area contributed by atoms with E-state index in [0.717, 1.165) is 18.7 Å². The number of rotatable bonds is 7. The fraction of sp³-hybridized carbons (Fsp3) is 0.474.